The summed E-state index contributed by atoms with van der Waals surface area (Å²) >= 11 is 0. The number of amides is 2. The van der Waals surface area contributed by atoms with Crippen molar-refractivity contribution in [3.8, 4) is 5.75 Å². The number of phenolic OH excluding ortho intramolecular Hbond substituents is 1. The molecule has 126 valence electrons. The average Bonchev–Trinajstić information content (AvgIpc) is 2.46. The molecule has 1 fully saturated rings. The molecule has 5 nitrogen and oxygen atoms in total. The van der Waals surface area contributed by atoms with E-state index >= 15 is 0 Å². The molecule has 1 aliphatic rings. The smallest absolute Gasteiger partial charge is 0.254 e. The Morgan fingerprint density at radius 1 is 1.30 bits per heavy atom. The minimum absolute atomic E-state index is 0.00904. The summed E-state index contributed by atoms with van der Waals surface area (Å²) in [6.45, 7) is 3.82. The second-order valence-corrected chi connectivity index (χ2v) is 6.36. The van der Waals surface area contributed by atoms with Gasteiger partial charge in [0.05, 0.1) is 5.56 Å². The molecule has 2 amide bonds. The van der Waals surface area contributed by atoms with Gasteiger partial charge in [0, 0.05) is 24.1 Å². The molecule has 2 unspecified atom stereocenters. The van der Waals surface area contributed by atoms with Crippen molar-refractivity contribution >= 4 is 11.8 Å². The average molecular weight is 322 g/mol. The van der Waals surface area contributed by atoms with E-state index in [-0.39, 0.29) is 35.2 Å². The maximum atomic E-state index is 13.7. The first kappa shape index (κ1) is 17.2. The van der Waals surface area contributed by atoms with Gasteiger partial charge in [0.1, 0.15) is 11.6 Å². The van der Waals surface area contributed by atoms with E-state index in [9.17, 15) is 19.1 Å². The lowest BCUT2D eigenvalue weighted by Gasteiger charge is -2.29. The molecule has 0 radical (unpaired) electrons. The van der Waals surface area contributed by atoms with Gasteiger partial charge in [-0.25, -0.2) is 4.39 Å². The van der Waals surface area contributed by atoms with Crippen molar-refractivity contribution in [3.63, 3.8) is 0 Å². The van der Waals surface area contributed by atoms with Gasteiger partial charge in [-0.2, -0.15) is 0 Å². The zero-order valence-electron chi connectivity index (χ0n) is 13.4. The Morgan fingerprint density at radius 2 is 2.04 bits per heavy atom. The molecule has 0 heterocycles. The molecule has 0 aromatic heterocycles. The van der Waals surface area contributed by atoms with Gasteiger partial charge in [-0.3, -0.25) is 9.59 Å². The number of benzene rings is 1. The molecule has 3 N–H and O–H groups in total. The summed E-state index contributed by atoms with van der Waals surface area (Å²) in [5, 5.41) is 14.9. The van der Waals surface area contributed by atoms with E-state index in [0.717, 1.165) is 25.3 Å². The first-order chi connectivity index (χ1) is 10.9. The lowest BCUT2D eigenvalue weighted by atomic mass is 9.85. The minimum atomic E-state index is -0.757. The molecule has 1 saturated carbocycles. The molecule has 23 heavy (non-hydrogen) atoms. The largest absolute Gasteiger partial charge is 0.508 e. The number of hydrogen-bond acceptors (Lipinski definition) is 3. The van der Waals surface area contributed by atoms with Gasteiger partial charge in [-0.1, -0.05) is 6.42 Å². The molecule has 2 rings (SSSR count). The second kappa shape index (κ2) is 7.44. The van der Waals surface area contributed by atoms with Gasteiger partial charge in [-0.15, -0.1) is 0 Å². The van der Waals surface area contributed by atoms with E-state index < -0.39 is 11.7 Å². The van der Waals surface area contributed by atoms with Crippen LogP contribution in [0.5, 0.6) is 5.75 Å². The van der Waals surface area contributed by atoms with Gasteiger partial charge in [0.25, 0.3) is 5.91 Å². The number of carbonyl (C=O) groups is 2. The van der Waals surface area contributed by atoms with Crippen molar-refractivity contribution in [1.29, 1.82) is 0 Å². The second-order valence-electron chi connectivity index (χ2n) is 6.36. The first-order valence-electron chi connectivity index (χ1n) is 7.96. The highest BCUT2D eigenvalue weighted by atomic mass is 19.1. The topological polar surface area (TPSA) is 78.4 Å². The Kier molecular flexibility index (Phi) is 5.58. The Morgan fingerprint density at radius 3 is 2.70 bits per heavy atom. The first-order valence-corrected chi connectivity index (χ1v) is 7.96. The van der Waals surface area contributed by atoms with E-state index in [0.29, 0.717) is 6.42 Å². The summed E-state index contributed by atoms with van der Waals surface area (Å²) in [6.07, 6.45) is 2.98. The Balaban J connectivity index is 1.96. The van der Waals surface area contributed by atoms with Crippen molar-refractivity contribution in [2.45, 2.75) is 51.6 Å². The summed E-state index contributed by atoms with van der Waals surface area (Å²) in [6, 6.07) is 3.38. The monoisotopic (exact) mass is 322 g/mol. The molecule has 0 bridgehead atoms. The van der Waals surface area contributed by atoms with Crippen LogP contribution in [-0.4, -0.2) is 29.0 Å². The van der Waals surface area contributed by atoms with Crippen LogP contribution < -0.4 is 10.6 Å². The molecule has 0 aliphatic heterocycles. The lowest BCUT2D eigenvalue weighted by molar-refractivity contribution is -0.126. The van der Waals surface area contributed by atoms with Gasteiger partial charge < -0.3 is 15.7 Å². The van der Waals surface area contributed by atoms with Crippen LogP contribution in [0.4, 0.5) is 4.39 Å². The Hall–Kier alpha value is -2.11. The molecular formula is C17H23FN2O3. The number of hydrogen-bond donors (Lipinski definition) is 3. The summed E-state index contributed by atoms with van der Waals surface area (Å²) < 4.78 is 13.7. The normalized spacial score (nSPS) is 21.0. The van der Waals surface area contributed by atoms with E-state index in [4.69, 9.17) is 0 Å². The predicted octanol–water partition coefficient (Wildman–Crippen LogP) is 2.34. The number of nitrogens with one attached hydrogen (secondary N) is 2. The number of phenols is 1. The molecule has 1 aliphatic carbocycles. The zero-order chi connectivity index (χ0) is 17.0. The van der Waals surface area contributed by atoms with E-state index in [2.05, 4.69) is 10.6 Å². The van der Waals surface area contributed by atoms with Crippen LogP contribution in [0.1, 0.15) is 49.9 Å². The van der Waals surface area contributed by atoms with Crippen LogP contribution in [0.15, 0.2) is 18.2 Å². The molecule has 1 aromatic rings. The number of halogens is 1. The number of carbonyl (C=O) groups excluding carboxylic acids is 2. The van der Waals surface area contributed by atoms with E-state index in [1.54, 1.807) is 0 Å². The zero-order valence-corrected chi connectivity index (χ0v) is 13.4. The van der Waals surface area contributed by atoms with Crippen LogP contribution in [0.2, 0.25) is 0 Å². The number of aromatic hydroxyl groups is 1. The maximum absolute atomic E-state index is 13.7. The summed E-state index contributed by atoms with van der Waals surface area (Å²) in [7, 11) is 0. The van der Waals surface area contributed by atoms with Crippen LogP contribution >= 0.6 is 0 Å². The molecule has 1 aromatic carbocycles. The third-order valence-corrected chi connectivity index (χ3v) is 4.01. The van der Waals surface area contributed by atoms with Gasteiger partial charge in [0.2, 0.25) is 5.91 Å². The SMILES string of the molecule is CC(C)NC(=O)C1CCCC(NC(=O)c2ccc(O)cc2F)C1. The highest BCUT2D eigenvalue weighted by Gasteiger charge is 2.29. The highest BCUT2D eigenvalue weighted by molar-refractivity contribution is 5.94. The van der Waals surface area contributed by atoms with E-state index in [1.165, 1.54) is 12.1 Å². The third-order valence-electron chi connectivity index (χ3n) is 4.01. The van der Waals surface area contributed by atoms with Crippen LogP contribution in [0.25, 0.3) is 0 Å². The fraction of sp³-hybridized carbons (Fsp3) is 0.529. The molecule has 2 atom stereocenters. The number of rotatable bonds is 4. The van der Waals surface area contributed by atoms with Crippen molar-refractivity contribution in [1.82, 2.24) is 10.6 Å². The molecule has 0 spiro atoms. The standard InChI is InChI=1S/C17H23FN2O3/c1-10(2)19-16(22)11-4-3-5-12(8-11)20-17(23)14-7-6-13(21)9-15(14)18/h6-7,9-12,21H,3-5,8H2,1-2H3,(H,19,22)(H,20,23). The fourth-order valence-electron chi connectivity index (χ4n) is 2.91. The molecular weight excluding hydrogens is 299 g/mol. The van der Waals surface area contributed by atoms with Crippen molar-refractivity contribution in [3.05, 3.63) is 29.6 Å². The maximum Gasteiger partial charge on any atom is 0.254 e. The van der Waals surface area contributed by atoms with Crippen molar-refractivity contribution in [2.24, 2.45) is 5.92 Å². The third kappa shape index (κ3) is 4.68. The summed E-state index contributed by atoms with van der Waals surface area (Å²) in [5.41, 5.74) is -0.100. The van der Waals surface area contributed by atoms with E-state index in [1.807, 2.05) is 13.8 Å². The van der Waals surface area contributed by atoms with Crippen LogP contribution in [-0.2, 0) is 4.79 Å². The Bertz CT molecular complexity index is 589. The Labute approximate surface area is 135 Å². The molecule has 6 heteroatoms. The summed E-state index contributed by atoms with van der Waals surface area (Å²) in [4.78, 5) is 24.3. The lowest BCUT2D eigenvalue weighted by Crippen LogP contribution is -2.43. The predicted molar refractivity (Wildman–Crippen MR) is 84.6 cm³/mol. The minimum Gasteiger partial charge on any atom is -0.508 e. The quantitative estimate of drug-likeness (QED) is 0.796. The van der Waals surface area contributed by atoms with Gasteiger partial charge in [0.15, 0.2) is 0 Å². The van der Waals surface area contributed by atoms with Crippen LogP contribution in [0, 0.1) is 11.7 Å². The van der Waals surface area contributed by atoms with Crippen LogP contribution in [0.3, 0.4) is 0 Å². The van der Waals surface area contributed by atoms with Crippen molar-refractivity contribution < 1.29 is 19.1 Å². The van der Waals surface area contributed by atoms with Gasteiger partial charge in [-0.05, 0) is 45.2 Å². The fourth-order valence-corrected chi connectivity index (χ4v) is 2.91. The highest BCUT2D eigenvalue weighted by Crippen LogP contribution is 2.25. The summed E-state index contributed by atoms with van der Waals surface area (Å²) in [5.74, 6) is -1.61. The van der Waals surface area contributed by atoms with Crippen molar-refractivity contribution in [2.75, 3.05) is 0 Å². The molecule has 0 saturated heterocycles. The van der Waals surface area contributed by atoms with Gasteiger partial charge >= 0.3 is 0 Å².